The van der Waals surface area contributed by atoms with Crippen LogP contribution in [0.15, 0.2) is 18.2 Å². The zero-order valence-corrected chi connectivity index (χ0v) is 16.5. The van der Waals surface area contributed by atoms with E-state index in [9.17, 15) is 18.3 Å². The van der Waals surface area contributed by atoms with Gasteiger partial charge in [-0.25, -0.2) is 4.98 Å². The van der Waals surface area contributed by atoms with Crippen LogP contribution < -0.4 is 62.2 Å². The van der Waals surface area contributed by atoms with Gasteiger partial charge >= 0.3 is 61.6 Å². The first-order chi connectivity index (χ1) is 9.82. The molecular formula is C12H15KN4O4S. The van der Waals surface area contributed by atoms with Crippen LogP contribution in [0.2, 0.25) is 0 Å². The number of rotatable bonds is 5. The van der Waals surface area contributed by atoms with Crippen LogP contribution in [0.25, 0.3) is 11.0 Å². The number of carbonyl (C=O) groups excluding carboxylic acids is 1. The largest absolute Gasteiger partial charge is 1.00 e. The number of fused-ring (bicyclic) bond motifs is 1. The minimum Gasteiger partial charge on any atom is -0.545 e. The molecule has 1 aromatic heterocycles. The molecule has 1 heterocycles. The topological polar surface area (TPSA) is 121 Å². The molecule has 0 saturated heterocycles. The molecule has 0 spiro atoms. The Bertz CT molecular complexity index is 799. The summed E-state index contributed by atoms with van der Waals surface area (Å²) in [6, 6.07) is 3.84. The van der Waals surface area contributed by atoms with Crippen LogP contribution in [0.1, 0.15) is 24.2 Å². The Morgan fingerprint density at radius 2 is 1.95 bits per heavy atom. The SMILES string of the molecule is CCN(CC)S(=O)(=O)n1c(N)nc2cc(C(=O)[O-])ccc21.[K+]. The third kappa shape index (κ3) is 3.37. The molecule has 2 N–H and O–H groups in total. The second kappa shape index (κ2) is 7.38. The van der Waals surface area contributed by atoms with Gasteiger partial charge < -0.3 is 15.6 Å². The molecule has 0 saturated carbocycles. The quantitative estimate of drug-likeness (QED) is 0.557. The van der Waals surface area contributed by atoms with Gasteiger partial charge in [-0.2, -0.15) is 16.7 Å². The Labute approximate surface area is 170 Å². The summed E-state index contributed by atoms with van der Waals surface area (Å²) in [5, 5.41) is 10.8. The van der Waals surface area contributed by atoms with Gasteiger partial charge in [0.05, 0.1) is 17.0 Å². The van der Waals surface area contributed by atoms with Crippen molar-refractivity contribution in [2.24, 2.45) is 0 Å². The van der Waals surface area contributed by atoms with Crippen molar-refractivity contribution < 1.29 is 69.7 Å². The number of carboxylic acid groups (broad SMARTS) is 1. The van der Waals surface area contributed by atoms with Crippen molar-refractivity contribution in [2.75, 3.05) is 18.8 Å². The minimum atomic E-state index is -3.85. The first-order valence-electron chi connectivity index (χ1n) is 6.32. The van der Waals surface area contributed by atoms with E-state index in [1.54, 1.807) is 13.8 Å². The molecule has 0 fully saturated rings. The van der Waals surface area contributed by atoms with Crippen LogP contribution >= 0.6 is 0 Å². The van der Waals surface area contributed by atoms with Crippen molar-refractivity contribution in [3.05, 3.63) is 23.8 Å². The Morgan fingerprint density at radius 1 is 1.36 bits per heavy atom. The second-order valence-corrected chi connectivity index (χ2v) is 6.09. The summed E-state index contributed by atoms with van der Waals surface area (Å²) in [6.45, 7) is 4.00. The maximum absolute atomic E-state index is 12.5. The predicted octanol–water partition coefficient (Wildman–Crippen LogP) is -3.58. The van der Waals surface area contributed by atoms with Crippen LogP contribution in [-0.4, -0.2) is 40.7 Å². The zero-order chi connectivity index (χ0) is 15.8. The summed E-state index contributed by atoms with van der Waals surface area (Å²) in [6.07, 6.45) is 0. The number of benzene rings is 1. The number of aromatic nitrogens is 2. The monoisotopic (exact) mass is 350 g/mol. The van der Waals surface area contributed by atoms with Gasteiger partial charge in [0.2, 0.25) is 5.95 Å². The molecule has 2 rings (SSSR count). The van der Waals surface area contributed by atoms with E-state index in [2.05, 4.69) is 4.98 Å². The third-order valence-electron chi connectivity index (χ3n) is 3.14. The van der Waals surface area contributed by atoms with Gasteiger partial charge in [0.25, 0.3) is 0 Å². The average Bonchev–Trinajstić information content (AvgIpc) is 2.74. The first-order valence-corrected chi connectivity index (χ1v) is 7.72. The zero-order valence-electron chi connectivity index (χ0n) is 12.6. The molecule has 114 valence electrons. The van der Waals surface area contributed by atoms with Gasteiger partial charge in [-0.3, -0.25) is 0 Å². The molecule has 0 unspecified atom stereocenters. The first kappa shape index (κ1) is 19.6. The van der Waals surface area contributed by atoms with Crippen LogP contribution in [0.4, 0.5) is 5.95 Å². The molecule has 0 aliphatic heterocycles. The number of hydrogen-bond donors (Lipinski definition) is 1. The van der Waals surface area contributed by atoms with Crippen LogP contribution in [-0.2, 0) is 10.2 Å². The normalized spacial score (nSPS) is 11.6. The van der Waals surface area contributed by atoms with Crippen LogP contribution in [0, 0.1) is 0 Å². The summed E-state index contributed by atoms with van der Waals surface area (Å²) < 4.78 is 27.2. The number of anilines is 1. The molecule has 0 aliphatic rings. The molecule has 0 bridgehead atoms. The van der Waals surface area contributed by atoms with Gasteiger partial charge in [-0.15, -0.1) is 0 Å². The van der Waals surface area contributed by atoms with E-state index in [1.807, 2.05) is 0 Å². The Kier molecular flexibility index (Phi) is 6.56. The molecular weight excluding hydrogens is 335 g/mol. The van der Waals surface area contributed by atoms with Gasteiger partial charge in [0.15, 0.2) is 0 Å². The summed E-state index contributed by atoms with van der Waals surface area (Å²) in [5.74, 6) is -1.58. The van der Waals surface area contributed by atoms with E-state index in [-0.39, 0.29) is 87.0 Å². The fraction of sp³-hybridized carbons (Fsp3) is 0.333. The average molecular weight is 350 g/mol. The van der Waals surface area contributed by atoms with Crippen molar-refractivity contribution in [1.29, 1.82) is 0 Å². The summed E-state index contributed by atoms with van der Waals surface area (Å²) in [7, 11) is -3.85. The second-order valence-electron chi connectivity index (χ2n) is 4.32. The predicted molar refractivity (Wildman–Crippen MR) is 75.7 cm³/mol. The standard InChI is InChI=1S/C12H16N4O4S.K/c1-3-15(4-2)21(19,20)16-10-6-5-8(11(17)18)7-9(10)14-12(16)13;/h5-7H,3-4H2,1-2H3,(H2,13,14)(H,17,18);/q;+1/p-1. The number of nitrogens with zero attached hydrogens (tertiary/aromatic N) is 3. The fourth-order valence-corrected chi connectivity index (χ4v) is 3.68. The molecule has 0 amide bonds. The van der Waals surface area contributed by atoms with E-state index in [4.69, 9.17) is 5.73 Å². The number of aromatic carboxylic acids is 1. The van der Waals surface area contributed by atoms with E-state index in [0.29, 0.717) is 0 Å². The van der Waals surface area contributed by atoms with E-state index >= 15 is 0 Å². The van der Waals surface area contributed by atoms with E-state index in [1.165, 1.54) is 22.5 Å². The maximum Gasteiger partial charge on any atom is 1.00 e. The van der Waals surface area contributed by atoms with Crippen molar-refractivity contribution >= 4 is 33.2 Å². The van der Waals surface area contributed by atoms with Crippen LogP contribution in [0.3, 0.4) is 0 Å². The molecule has 22 heavy (non-hydrogen) atoms. The van der Waals surface area contributed by atoms with E-state index < -0.39 is 16.2 Å². The summed E-state index contributed by atoms with van der Waals surface area (Å²) in [5.41, 5.74) is 6.02. The smallest absolute Gasteiger partial charge is 0.545 e. The summed E-state index contributed by atoms with van der Waals surface area (Å²) >= 11 is 0. The number of carbonyl (C=O) groups is 1. The van der Waals surface area contributed by atoms with E-state index in [0.717, 1.165) is 3.97 Å². The van der Waals surface area contributed by atoms with Gasteiger partial charge in [-0.1, -0.05) is 19.9 Å². The van der Waals surface area contributed by atoms with Crippen molar-refractivity contribution in [1.82, 2.24) is 13.3 Å². The number of nitrogens with two attached hydrogens (primary N) is 1. The Hall–Kier alpha value is -0.494. The maximum atomic E-state index is 12.5. The number of imidazole rings is 1. The fourth-order valence-electron chi connectivity index (χ4n) is 2.11. The molecule has 10 heteroatoms. The van der Waals surface area contributed by atoms with Crippen molar-refractivity contribution in [2.45, 2.75) is 13.8 Å². The molecule has 0 radical (unpaired) electrons. The van der Waals surface area contributed by atoms with Crippen LogP contribution in [0.5, 0.6) is 0 Å². The van der Waals surface area contributed by atoms with Gasteiger partial charge in [-0.05, 0) is 17.7 Å². The Balaban J connectivity index is 0.00000242. The van der Waals surface area contributed by atoms with Gasteiger partial charge in [0.1, 0.15) is 0 Å². The van der Waals surface area contributed by atoms with Gasteiger partial charge in [0, 0.05) is 13.1 Å². The minimum absolute atomic E-state index is 0. The number of carboxylic acids is 1. The number of hydrogen-bond acceptors (Lipinski definition) is 6. The van der Waals surface area contributed by atoms with Crippen molar-refractivity contribution in [3.8, 4) is 0 Å². The molecule has 2 aromatic rings. The van der Waals surface area contributed by atoms with Crippen molar-refractivity contribution in [3.63, 3.8) is 0 Å². The molecule has 8 nitrogen and oxygen atoms in total. The molecule has 0 atom stereocenters. The molecule has 1 aromatic carbocycles. The number of nitrogen functional groups attached to an aromatic ring is 1. The molecule has 0 aliphatic carbocycles. The Morgan fingerprint density at radius 3 is 2.45 bits per heavy atom. The third-order valence-corrected chi connectivity index (χ3v) is 5.15. The summed E-state index contributed by atoms with van der Waals surface area (Å²) in [4.78, 5) is 14.7.